The fourth-order valence-electron chi connectivity index (χ4n) is 1.29. The van der Waals surface area contributed by atoms with Crippen molar-refractivity contribution < 1.29 is 4.74 Å². The molecule has 0 saturated heterocycles. The van der Waals surface area contributed by atoms with Gasteiger partial charge in [0.05, 0.1) is 18.1 Å². The molecule has 0 bridgehead atoms. The number of benzene rings is 1. The van der Waals surface area contributed by atoms with E-state index in [4.69, 9.17) is 16.3 Å². The third-order valence-corrected chi connectivity index (χ3v) is 2.42. The maximum absolute atomic E-state index is 5.76. The highest BCUT2D eigenvalue weighted by Crippen LogP contribution is 2.21. The summed E-state index contributed by atoms with van der Waals surface area (Å²) in [5, 5.41) is 0. The summed E-state index contributed by atoms with van der Waals surface area (Å²) in [5.41, 5.74) is 1.19. The van der Waals surface area contributed by atoms with Crippen molar-refractivity contribution >= 4 is 11.6 Å². The first-order valence-corrected chi connectivity index (χ1v) is 6.33. The SMILES string of the molecule is CC(C)(C)CCOc1ccccc1C#CCCl. The molecule has 0 heterocycles. The second-order valence-electron chi connectivity index (χ2n) is 5.09. The molecular weight excluding hydrogens is 232 g/mol. The smallest absolute Gasteiger partial charge is 0.134 e. The Balaban J connectivity index is 2.64. The van der Waals surface area contributed by atoms with E-state index >= 15 is 0 Å². The minimum absolute atomic E-state index is 0.288. The number of para-hydroxylation sites is 1. The van der Waals surface area contributed by atoms with Crippen LogP contribution in [0.4, 0.5) is 0 Å². The zero-order valence-corrected chi connectivity index (χ0v) is 11.5. The topological polar surface area (TPSA) is 9.23 Å². The summed E-state index contributed by atoms with van der Waals surface area (Å²) < 4.78 is 5.76. The molecule has 0 saturated carbocycles. The van der Waals surface area contributed by atoms with Gasteiger partial charge in [-0.3, -0.25) is 0 Å². The predicted octanol–water partition coefficient (Wildman–Crippen LogP) is 4.09. The Morgan fingerprint density at radius 3 is 2.59 bits per heavy atom. The largest absolute Gasteiger partial charge is 0.492 e. The van der Waals surface area contributed by atoms with E-state index in [0.29, 0.717) is 12.5 Å². The number of alkyl halides is 1. The molecule has 1 aromatic rings. The third kappa shape index (κ3) is 5.65. The lowest BCUT2D eigenvalue weighted by Crippen LogP contribution is -2.11. The quantitative estimate of drug-likeness (QED) is 0.580. The highest BCUT2D eigenvalue weighted by atomic mass is 35.5. The lowest BCUT2D eigenvalue weighted by Gasteiger charge is -2.18. The van der Waals surface area contributed by atoms with Crippen molar-refractivity contribution in [3.05, 3.63) is 29.8 Å². The van der Waals surface area contributed by atoms with Gasteiger partial charge in [-0.2, -0.15) is 0 Å². The Kier molecular flexibility index (Phi) is 5.38. The first-order valence-electron chi connectivity index (χ1n) is 5.79. The zero-order chi connectivity index (χ0) is 12.7. The normalized spacial score (nSPS) is 10.6. The lowest BCUT2D eigenvalue weighted by atomic mass is 9.93. The van der Waals surface area contributed by atoms with Gasteiger partial charge in [0.1, 0.15) is 5.75 Å². The molecule has 0 atom stereocenters. The van der Waals surface area contributed by atoms with Crippen molar-refractivity contribution in [1.82, 2.24) is 0 Å². The minimum Gasteiger partial charge on any atom is -0.492 e. The van der Waals surface area contributed by atoms with E-state index in [1.165, 1.54) is 0 Å². The average Bonchev–Trinajstić information content (AvgIpc) is 2.26. The monoisotopic (exact) mass is 250 g/mol. The van der Waals surface area contributed by atoms with E-state index in [2.05, 4.69) is 32.6 Å². The highest BCUT2D eigenvalue weighted by Gasteiger charge is 2.10. The molecule has 0 radical (unpaired) electrons. The van der Waals surface area contributed by atoms with Gasteiger partial charge in [0.25, 0.3) is 0 Å². The van der Waals surface area contributed by atoms with E-state index in [0.717, 1.165) is 17.7 Å². The summed E-state index contributed by atoms with van der Waals surface area (Å²) >= 11 is 5.55. The summed E-state index contributed by atoms with van der Waals surface area (Å²) in [6.45, 7) is 7.32. The van der Waals surface area contributed by atoms with Crippen LogP contribution in [0, 0.1) is 17.3 Å². The van der Waals surface area contributed by atoms with Gasteiger partial charge >= 0.3 is 0 Å². The van der Waals surface area contributed by atoms with E-state index in [1.54, 1.807) is 0 Å². The lowest BCUT2D eigenvalue weighted by molar-refractivity contribution is 0.242. The molecule has 1 nitrogen and oxygen atoms in total. The van der Waals surface area contributed by atoms with Crippen molar-refractivity contribution in [1.29, 1.82) is 0 Å². The first kappa shape index (κ1) is 13.9. The molecule has 0 amide bonds. The van der Waals surface area contributed by atoms with Crippen molar-refractivity contribution in [2.75, 3.05) is 12.5 Å². The molecule has 2 heteroatoms. The molecule has 0 aliphatic heterocycles. The Hall–Kier alpha value is -1.13. The van der Waals surface area contributed by atoms with Crippen molar-refractivity contribution in [2.45, 2.75) is 27.2 Å². The van der Waals surface area contributed by atoms with E-state index in [1.807, 2.05) is 24.3 Å². The molecule has 0 fully saturated rings. The standard InChI is InChI=1S/C15H19ClO/c1-15(2,3)10-12-17-14-9-5-4-7-13(14)8-6-11-16/h4-5,7,9H,10-12H2,1-3H3. The number of ether oxygens (including phenoxy) is 1. The Morgan fingerprint density at radius 1 is 1.24 bits per heavy atom. The van der Waals surface area contributed by atoms with Gasteiger partial charge in [-0.1, -0.05) is 44.7 Å². The minimum atomic E-state index is 0.288. The summed E-state index contributed by atoms with van der Waals surface area (Å²) in [5.74, 6) is 7.04. The fourth-order valence-corrected chi connectivity index (χ4v) is 1.36. The second-order valence-corrected chi connectivity index (χ2v) is 5.36. The van der Waals surface area contributed by atoms with Crippen molar-refractivity contribution in [3.8, 4) is 17.6 Å². The van der Waals surface area contributed by atoms with Crippen LogP contribution in [0.15, 0.2) is 24.3 Å². The molecular formula is C15H19ClO. The number of halogens is 1. The predicted molar refractivity (Wildman–Crippen MR) is 73.6 cm³/mol. The summed E-state index contributed by atoms with van der Waals surface area (Å²) in [6, 6.07) is 7.81. The molecule has 0 spiro atoms. The van der Waals surface area contributed by atoms with Crippen LogP contribution in [0.2, 0.25) is 0 Å². The molecule has 0 unspecified atom stereocenters. The van der Waals surface area contributed by atoms with Gasteiger partial charge in [0, 0.05) is 0 Å². The molecule has 0 aliphatic carbocycles. The molecule has 0 aliphatic rings. The first-order chi connectivity index (χ1) is 8.03. The number of hydrogen-bond acceptors (Lipinski definition) is 1. The maximum atomic E-state index is 5.76. The van der Waals surface area contributed by atoms with Crippen LogP contribution in [0.25, 0.3) is 0 Å². The molecule has 17 heavy (non-hydrogen) atoms. The van der Waals surface area contributed by atoms with E-state index in [-0.39, 0.29) is 5.41 Å². The van der Waals surface area contributed by atoms with Gasteiger partial charge in [-0.25, -0.2) is 0 Å². The van der Waals surface area contributed by atoms with Crippen molar-refractivity contribution in [3.63, 3.8) is 0 Å². The Morgan fingerprint density at radius 2 is 1.94 bits per heavy atom. The Bertz CT molecular complexity index is 407. The van der Waals surface area contributed by atoms with Gasteiger partial charge < -0.3 is 4.74 Å². The van der Waals surface area contributed by atoms with Crippen LogP contribution < -0.4 is 4.74 Å². The second kappa shape index (κ2) is 6.57. The molecule has 92 valence electrons. The summed E-state index contributed by atoms with van der Waals surface area (Å²) in [4.78, 5) is 0. The van der Waals surface area contributed by atoms with Crippen LogP contribution in [-0.2, 0) is 0 Å². The van der Waals surface area contributed by atoms with E-state index < -0.39 is 0 Å². The Labute approximate surface area is 109 Å². The number of hydrogen-bond donors (Lipinski definition) is 0. The van der Waals surface area contributed by atoms with Gasteiger partial charge in [0.2, 0.25) is 0 Å². The van der Waals surface area contributed by atoms with Crippen LogP contribution in [0.1, 0.15) is 32.8 Å². The molecule has 1 aromatic carbocycles. The fraction of sp³-hybridized carbons (Fsp3) is 0.467. The molecule has 0 aromatic heterocycles. The van der Waals surface area contributed by atoms with Gasteiger partial charge in [-0.15, -0.1) is 11.6 Å². The average molecular weight is 251 g/mol. The zero-order valence-electron chi connectivity index (χ0n) is 10.7. The van der Waals surface area contributed by atoms with Crippen molar-refractivity contribution in [2.24, 2.45) is 5.41 Å². The van der Waals surface area contributed by atoms with Crippen LogP contribution in [-0.4, -0.2) is 12.5 Å². The van der Waals surface area contributed by atoms with Gasteiger partial charge in [0.15, 0.2) is 0 Å². The summed E-state index contributed by atoms with van der Waals surface area (Å²) in [6.07, 6.45) is 1.02. The van der Waals surface area contributed by atoms with E-state index in [9.17, 15) is 0 Å². The van der Waals surface area contributed by atoms with Crippen LogP contribution in [0.5, 0.6) is 5.75 Å². The van der Waals surface area contributed by atoms with Crippen LogP contribution in [0.3, 0.4) is 0 Å². The maximum Gasteiger partial charge on any atom is 0.134 e. The molecule has 1 rings (SSSR count). The molecule has 0 N–H and O–H groups in total. The number of rotatable bonds is 3. The summed E-state index contributed by atoms with van der Waals surface area (Å²) in [7, 11) is 0. The third-order valence-electron chi connectivity index (χ3n) is 2.29. The van der Waals surface area contributed by atoms with Gasteiger partial charge in [-0.05, 0) is 24.0 Å². The highest BCUT2D eigenvalue weighted by molar-refractivity contribution is 6.19. The van der Waals surface area contributed by atoms with Crippen LogP contribution >= 0.6 is 11.6 Å².